The molecule has 0 saturated heterocycles. The SMILES string of the molecule is F[B-](F)(F)c1cnn(-c2ccccc2)c1.[K+]. The molecule has 0 spiro atoms. The van der Waals surface area contributed by atoms with Crippen LogP contribution >= 0.6 is 0 Å². The summed E-state index contributed by atoms with van der Waals surface area (Å²) in [6, 6.07) is 8.67. The van der Waals surface area contributed by atoms with Crippen LogP contribution in [0.15, 0.2) is 42.7 Å². The van der Waals surface area contributed by atoms with Gasteiger partial charge in [-0.05, 0) is 12.1 Å². The molecular weight excluding hydrogens is 243 g/mol. The second-order valence-corrected chi connectivity index (χ2v) is 3.13. The molecule has 0 aliphatic rings. The standard InChI is InChI=1S/C9H7BF3N2.K/c11-10(12,13)8-6-14-15(7-8)9-4-2-1-3-5-9;/h1-7H;/q-1;+1. The van der Waals surface area contributed by atoms with Crippen LogP contribution in [0.2, 0.25) is 0 Å². The van der Waals surface area contributed by atoms with Crippen LogP contribution in [0.1, 0.15) is 0 Å². The number of halogens is 3. The predicted molar refractivity (Wildman–Crippen MR) is 52.3 cm³/mol. The third kappa shape index (κ3) is 3.21. The Hall–Kier alpha value is -0.0787. The van der Waals surface area contributed by atoms with E-state index in [1.807, 2.05) is 0 Å². The second-order valence-electron chi connectivity index (χ2n) is 3.13. The normalized spacial score (nSPS) is 10.9. The Balaban J connectivity index is 0.00000128. The number of rotatable bonds is 2. The zero-order valence-corrected chi connectivity index (χ0v) is 11.8. The molecule has 1 heterocycles. The Labute approximate surface area is 133 Å². The minimum Gasteiger partial charge on any atom is -0.445 e. The molecule has 0 unspecified atom stereocenters. The summed E-state index contributed by atoms with van der Waals surface area (Å²) in [4.78, 5) is 0. The van der Waals surface area contributed by atoms with Crippen LogP contribution in [0.3, 0.4) is 0 Å². The molecule has 78 valence electrons. The maximum Gasteiger partial charge on any atom is 1.00 e. The Bertz CT molecular complexity index is 455. The molecule has 0 bridgehead atoms. The molecule has 0 radical (unpaired) electrons. The Morgan fingerprint density at radius 1 is 1.06 bits per heavy atom. The topological polar surface area (TPSA) is 17.8 Å². The summed E-state index contributed by atoms with van der Waals surface area (Å²) in [6.07, 6.45) is 1.84. The molecule has 16 heavy (non-hydrogen) atoms. The van der Waals surface area contributed by atoms with E-state index in [0.717, 1.165) is 12.4 Å². The van der Waals surface area contributed by atoms with E-state index in [-0.39, 0.29) is 51.4 Å². The molecule has 0 fully saturated rings. The fraction of sp³-hybridized carbons (Fsp3) is 0. The van der Waals surface area contributed by atoms with Gasteiger partial charge in [-0.3, -0.25) is 0 Å². The molecule has 0 saturated carbocycles. The zero-order valence-electron chi connectivity index (χ0n) is 8.65. The first-order valence-corrected chi connectivity index (χ1v) is 4.37. The number of hydrogen-bond donors (Lipinski definition) is 0. The number of aromatic nitrogens is 2. The molecule has 0 N–H and O–H groups in total. The smallest absolute Gasteiger partial charge is 0.445 e. The van der Waals surface area contributed by atoms with Crippen LogP contribution in [-0.4, -0.2) is 16.8 Å². The summed E-state index contributed by atoms with van der Waals surface area (Å²) in [5.41, 5.74) is -0.0670. The average molecular weight is 250 g/mol. The first-order valence-electron chi connectivity index (χ1n) is 4.37. The van der Waals surface area contributed by atoms with E-state index < -0.39 is 12.4 Å². The number of para-hydroxylation sites is 1. The molecule has 1 aromatic heterocycles. The van der Waals surface area contributed by atoms with E-state index in [1.54, 1.807) is 30.3 Å². The van der Waals surface area contributed by atoms with Gasteiger partial charge in [-0.25, -0.2) is 4.68 Å². The average Bonchev–Trinajstić information content (AvgIpc) is 2.67. The zero-order chi connectivity index (χ0) is 10.9. The first-order chi connectivity index (χ1) is 7.07. The van der Waals surface area contributed by atoms with Gasteiger partial charge in [0, 0.05) is 12.4 Å². The van der Waals surface area contributed by atoms with E-state index in [0.29, 0.717) is 5.69 Å². The summed E-state index contributed by atoms with van der Waals surface area (Å²) in [6.45, 7) is -4.97. The fourth-order valence-corrected chi connectivity index (χ4v) is 1.23. The van der Waals surface area contributed by atoms with Gasteiger partial charge in [-0.2, -0.15) is 5.10 Å². The summed E-state index contributed by atoms with van der Waals surface area (Å²) in [5.74, 6) is 0. The minimum absolute atomic E-state index is 0. The van der Waals surface area contributed by atoms with Crippen LogP contribution in [0.4, 0.5) is 12.9 Å². The second kappa shape index (κ2) is 5.50. The van der Waals surface area contributed by atoms with Crippen molar-refractivity contribution in [1.29, 1.82) is 0 Å². The van der Waals surface area contributed by atoms with Crippen LogP contribution in [0.5, 0.6) is 0 Å². The Morgan fingerprint density at radius 3 is 2.19 bits per heavy atom. The maximum absolute atomic E-state index is 12.3. The summed E-state index contributed by atoms with van der Waals surface area (Å²) in [7, 11) is 0. The molecule has 2 rings (SSSR count). The van der Waals surface area contributed by atoms with Gasteiger partial charge in [0.1, 0.15) is 0 Å². The fourth-order valence-electron chi connectivity index (χ4n) is 1.23. The molecule has 2 nitrogen and oxygen atoms in total. The molecule has 0 amide bonds. The predicted octanol–water partition coefficient (Wildman–Crippen LogP) is -1.07. The van der Waals surface area contributed by atoms with Gasteiger partial charge in [0.05, 0.1) is 5.69 Å². The monoisotopic (exact) mass is 250 g/mol. The Kier molecular flexibility index (Phi) is 4.81. The van der Waals surface area contributed by atoms with Crippen molar-refractivity contribution in [3.8, 4) is 5.69 Å². The van der Waals surface area contributed by atoms with E-state index in [1.165, 1.54) is 4.68 Å². The Morgan fingerprint density at radius 2 is 1.69 bits per heavy atom. The van der Waals surface area contributed by atoms with Crippen molar-refractivity contribution in [3.63, 3.8) is 0 Å². The largest absolute Gasteiger partial charge is 1.00 e. The summed E-state index contributed by atoms with van der Waals surface area (Å²) < 4.78 is 38.2. The van der Waals surface area contributed by atoms with Crippen molar-refractivity contribution < 1.29 is 64.3 Å². The van der Waals surface area contributed by atoms with Gasteiger partial charge in [-0.1, -0.05) is 23.7 Å². The van der Waals surface area contributed by atoms with Crippen LogP contribution in [-0.2, 0) is 0 Å². The van der Waals surface area contributed by atoms with Gasteiger partial charge in [-0.15, -0.1) is 0 Å². The van der Waals surface area contributed by atoms with E-state index >= 15 is 0 Å². The van der Waals surface area contributed by atoms with E-state index in [9.17, 15) is 12.9 Å². The van der Waals surface area contributed by atoms with Crippen molar-refractivity contribution in [2.24, 2.45) is 0 Å². The first kappa shape index (κ1) is 14.0. The van der Waals surface area contributed by atoms with Gasteiger partial charge < -0.3 is 12.9 Å². The van der Waals surface area contributed by atoms with Gasteiger partial charge in [0.15, 0.2) is 0 Å². The third-order valence-electron chi connectivity index (χ3n) is 2.00. The quantitative estimate of drug-likeness (QED) is 0.621. The number of benzene rings is 1. The van der Waals surface area contributed by atoms with Crippen molar-refractivity contribution in [3.05, 3.63) is 42.7 Å². The van der Waals surface area contributed by atoms with Crippen molar-refractivity contribution >= 4 is 12.4 Å². The third-order valence-corrected chi connectivity index (χ3v) is 2.00. The summed E-state index contributed by atoms with van der Waals surface area (Å²) in [5, 5.41) is 3.67. The summed E-state index contributed by atoms with van der Waals surface area (Å²) >= 11 is 0. The molecule has 1 aromatic carbocycles. The van der Waals surface area contributed by atoms with Crippen molar-refractivity contribution in [2.45, 2.75) is 0 Å². The van der Waals surface area contributed by atoms with Gasteiger partial charge in [0.25, 0.3) is 0 Å². The number of nitrogens with zero attached hydrogens (tertiary/aromatic N) is 2. The molecular formula is C9H7BF3KN2. The van der Waals surface area contributed by atoms with Gasteiger partial charge >= 0.3 is 58.4 Å². The van der Waals surface area contributed by atoms with E-state index in [4.69, 9.17) is 0 Å². The molecule has 7 heteroatoms. The maximum atomic E-state index is 12.3. The number of hydrogen-bond acceptors (Lipinski definition) is 1. The van der Waals surface area contributed by atoms with Crippen molar-refractivity contribution in [2.75, 3.05) is 0 Å². The van der Waals surface area contributed by atoms with Gasteiger partial charge in [0.2, 0.25) is 0 Å². The van der Waals surface area contributed by atoms with E-state index in [2.05, 4.69) is 5.10 Å². The molecule has 0 atom stereocenters. The molecule has 0 aliphatic heterocycles. The minimum atomic E-state index is -4.97. The van der Waals surface area contributed by atoms with Crippen LogP contribution in [0.25, 0.3) is 5.69 Å². The molecule has 2 aromatic rings. The van der Waals surface area contributed by atoms with Crippen LogP contribution in [0, 0.1) is 0 Å². The molecule has 0 aliphatic carbocycles. The van der Waals surface area contributed by atoms with Crippen LogP contribution < -0.4 is 56.8 Å². The van der Waals surface area contributed by atoms with Crippen molar-refractivity contribution in [1.82, 2.24) is 9.78 Å².